The molecule has 0 fully saturated rings. The smallest absolute Gasteiger partial charge is 0.313 e. The average molecular weight is 346 g/mol. The van der Waals surface area contributed by atoms with Crippen molar-refractivity contribution in [2.24, 2.45) is 0 Å². The summed E-state index contributed by atoms with van der Waals surface area (Å²) in [6.45, 7) is 0. The maximum absolute atomic E-state index is 11.5. The number of nitro groups is 1. The maximum atomic E-state index is 11.5. The molecule has 11 heteroatoms. The Bertz CT molecular complexity index is 726. The largest absolute Gasteiger partial charge is 0.550 e. The van der Waals surface area contributed by atoms with E-state index in [9.17, 15) is 33.2 Å². The zero-order chi connectivity index (χ0) is 17.6. The predicted octanol–water partition coefficient (Wildman–Crippen LogP) is 0.0572. The van der Waals surface area contributed by atoms with E-state index in [4.69, 9.17) is 9.29 Å². The van der Waals surface area contributed by atoms with Crippen LogP contribution in [0.15, 0.2) is 23.1 Å². The molecule has 0 atom stereocenters. The number of rotatable bonds is 8. The van der Waals surface area contributed by atoms with E-state index in [0.29, 0.717) is 6.07 Å². The van der Waals surface area contributed by atoms with Crippen molar-refractivity contribution in [3.8, 4) is 5.75 Å². The van der Waals surface area contributed by atoms with Crippen LogP contribution in [0.25, 0.3) is 0 Å². The Kier molecular flexibility index (Phi) is 6.16. The molecule has 1 rings (SSSR count). The van der Waals surface area contributed by atoms with Crippen LogP contribution in [0.3, 0.4) is 0 Å². The molecule has 1 aromatic rings. The van der Waals surface area contributed by atoms with Crippen LogP contribution in [0.2, 0.25) is 0 Å². The van der Waals surface area contributed by atoms with Crippen LogP contribution in [0.5, 0.6) is 5.75 Å². The van der Waals surface area contributed by atoms with E-state index in [0.717, 1.165) is 12.1 Å². The van der Waals surface area contributed by atoms with Crippen molar-refractivity contribution in [1.82, 2.24) is 0 Å². The topological polar surface area (TPSA) is 164 Å². The normalized spacial score (nSPS) is 11.0. The van der Waals surface area contributed by atoms with E-state index < -0.39 is 43.3 Å². The average Bonchev–Trinajstić information content (AvgIpc) is 2.42. The minimum absolute atomic E-state index is 0.176. The third-order valence-electron chi connectivity index (χ3n) is 2.66. The number of nitrogens with zero attached hydrogens (tertiary/aromatic N) is 1. The van der Waals surface area contributed by atoms with Crippen LogP contribution in [-0.2, 0) is 19.7 Å². The van der Waals surface area contributed by atoms with Gasteiger partial charge in [-0.25, -0.2) is 0 Å². The van der Waals surface area contributed by atoms with E-state index in [1.807, 2.05) is 0 Å². The Morgan fingerprint density at radius 2 is 1.83 bits per heavy atom. The van der Waals surface area contributed by atoms with Crippen molar-refractivity contribution in [2.75, 3.05) is 0 Å². The second-order valence-corrected chi connectivity index (χ2v) is 5.84. The zero-order valence-electron chi connectivity index (χ0n) is 11.6. The molecular formula is C12H12NO9S-. The Labute approximate surface area is 130 Å². The molecule has 0 aromatic heterocycles. The lowest BCUT2D eigenvalue weighted by Gasteiger charge is -2.06. The van der Waals surface area contributed by atoms with Crippen molar-refractivity contribution in [3.63, 3.8) is 0 Å². The molecule has 10 nitrogen and oxygen atoms in total. The van der Waals surface area contributed by atoms with Gasteiger partial charge in [-0.3, -0.25) is 19.5 Å². The first-order chi connectivity index (χ1) is 10.6. The number of benzene rings is 1. The molecule has 0 heterocycles. The van der Waals surface area contributed by atoms with Crippen LogP contribution in [0.1, 0.15) is 25.7 Å². The first-order valence-corrected chi connectivity index (χ1v) is 7.71. The molecule has 0 saturated carbocycles. The fourth-order valence-electron chi connectivity index (χ4n) is 1.60. The third kappa shape index (κ3) is 6.00. The number of carbonyl (C=O) groups is 2. The summed E-state index contributed by atoms with van der Waals surface area (Å²) in [4.78, 5) is 30.9. The van der Waals surface area contributed by atoms with Gasteiger partial charge in [-0.15, -0.1) is 0 Å². The molecule has 0 aliphatic carbocycles. The summed E-state index contributed by atoms with van der Waals surface area (Å²) in [5.74, 6) is -2.58. The van der Waals surface area contributed by atoms with Crippen molar-refractivity contribution < 1.29 is 37.3 Å². The Hall–Kier alpha value is -2.53. The summed E-state index contributed by atoms with van der Waals surface area (Å²) >= 11 is 0. The van der Waals surface area contributed by atoms with Gasteiger partial charge in [0, 0.05) is 18.5 Å². The van der Waals surface area contributed by atoms with E-state index in [-0.39, 0.29) is 25.7 Å². The summed E-state index contributed by atoms with van der Waals surface area (Å²) in [6.07, 6.45) is -0.0358. The lowest BCUT2D eigenvalue weighted by Crippen LogP contribution is -2.21. The number of esters is 1. The summed E-state index contributed by atoms with van der Waals surface area (Å²) in [6, 6.07) is 2.29. The molecule has 1 N–H and O–H groups in total. The van der Waals surface area contributed by atoms with Crippen molar-refractivity contribution >= 4 is 27.7 Å². The second kappa shape index (κ2) is 7.65. The van der Waals surface area contributed by atoms with E-state index in [1.54, 1.807) is 0 Å². The molecular weight excluding hydrogens is 334 g/mol. The molecule has 0 bridgehead atoms. The number of carbonyl (C=O) groups excluding carboxylic acids is 2. The third-order valence-corrected chi connectivity index (χ3v) is 3.51. The van der Waals surface area contributed by atoms with Crippen LogP contribution in [0.4, 0.5) is 5.69 Å². The van der Waals surface area contributed by atoms with Crippen LogP contribution in [-0.4, -0.2) is 29.8 Å². The minimum Gasteiger partial charge on any atom is -0.550 e. The molecule has 1 aromatic carbocycles. The highest BCUT2D eigenvalue weighted by Crippen LogP contribution is 2.30. The van der Waals surface area contributed by atoms with Gasteiger partial charge in [0.2, 0.25) is 5.75 Å². The van der Waals surface area contributed by atoms with Crippen LogP contribution < -0.4 is 9.84 Å². The van der Waals surface area contributed by atoms with E-state index >= 15 is 0 Å². The minimum atomic E-state index is -4.64. The zero-order valence-corrected chi connectivity index (χ0v) is 12.4. The maximum Gasteiger partial charge on any atom is 0.313 e. The number of hydrogen-bond donors (Lipinski definition) is 1. The Morgan fingerprint density at radius 3 is 2.35 bits per heavy atom. The number of carboxylic acids is 1. The monoisotopic (exact) mass is 346 g/mol. The SMILES string of the molecule is O=C([O-])CCCCC(=O)Oc1ccc(S(=O)(=O)O)cc1[N+](=O)[O-]. The summed E-state index contributed by atoms with van der Waals surface area (Å²) in [5, 5.41) is 21.1. The molecule has 0 aliphatic heterocycles. The summed E-state index contributed by atoms with van der Waals surface area (Å²) < 4.78 is 35.5. The molecule has 0 unspecified atom stereocenters. The summed E-state index contributed by atoms with van der Waals surface area (Å²) in [7, 11) is -4.64. The first kappa shape index (κ1) is 18.5. The second-order valence-electron chi connectivity index (χ2n) is 4.41. The first-order valence-electron chi connectivity index (χ1n) is 6.27. The quantitative estimate of drug-likeness (QED) is 0.171. The number of ether oxygens (including phenoxy) is 1. The molecule has 0 amide bonds. The molecule has 126 valence electrons. The highest BCUT2D eigenvalue weighted by molar-refractivity contribution is 7.85. The summed E-state index contributed by atoms with van der Waals surface area (Å²) in [5.41, 5.74) is -0.803. The molecule has 0 spiro atoms. The van der Waals surface area contributed by atoms with Gasteiger partial charge in [0.05, 0.1) is 4.92 Å². The van der Waals surface area contributed by atoms with E-state index in [1.165, 1.54) is 0 Å². The molecule has 0 radical (unpaired) electrons. The van der Waals surface area contributed by atoms with Gasteiger partial charge in [0.15, 0.2) is 0 Å². The van der Waals surface area contributed by atoms with Gasteiger partial charge in [-0.2, -0.15) is 8.42 Å². The van der Waals surface area contributed by atoms with Gasteiger partial charge in [0.1, 0.15) is 4.90 Å². The fraction of sp³-hybridized carbons (Fsp3) is 0.333. The van der Waals surface area contributed by atoms with Gasteiger partial charge >= 0.3 is 11.7 Å². The fourth-order valence-corrected chi connectivity index (χ4v) is 2.10. The van der Waals surface area contributed by atoms with E-state index in [2.05, 4.69) is 0 Å². The predicted molar refractivity (Wildman–Crippen MR) is 72.0 cm³/mol. The number of carboxylic acid groups (broad SMARTS) is 1. The van der Waals surface area contributed by atoms with Crippen molar-refractivity contribution in [3.05, 3.63) is 28.3 Å². The molecule has 0 saturated heterocycles. The highest BCUT2D eigenvalue weighted by Gasteiger charge is 2.22. The molecule has 23 heavy (non-hydrogen) atoms. The Morgan fingerprint density at radius 1 is 1.22 bits per heavy atom. The van der Waals surface area contributed by atoms with Crippen LogP contribution >= 0.6 is 0 Å². The van der Waals surface area contributed by atoms with Gasteiger partial charge in [0.25, 0.3) is 10.1 Å². The number of hydrogen-bond acceptors (Lipinski definition) is 8. The standard InChI is InChI=1S/C12H13NO9S/c14-11(15)3-1-2-4-12(16)22-10-6-5-8(23(19,20)21)7-9(10)13(17)18/h5-7H,1-4H2,(H,14,15)(H,19,20,21)/p-1. The molecule has 0 aliphatic rings. The lowest BCUT2D eigenvalue weighted by molar-refractivity contribution is -0.385. The van der Waals surface area contributed by atoms with Gasteiger partial charge in [-0.1, -0.05) is 0 Å². The number of aliphatic carboxylic acids is 1. The lowest BCUT2D eigenvalue weighted by atomic mass is 10.2. The Balaban J connectivity index is 2.82. The highest BCUT2D eigenvalue weighted by atomic mass is 32.2. The van der Waals surface area contributed by atoms with Crippen molar-refractivity contribution in [2.45, 2.75) is 30.6 Å². The van der Waals surface area contributed by atoms with Gasteiger partial charge in [-0.05, 0) is 31.4 Å². The van der Waals surface area contributed by atoms with Crippen LogP contribution in [0, 0.1) is 10.1 Å². The van der Waals surface area contributed by atoms with Crippen molar-refractivity contribution in [1.29, 1.82) is 0 Å². The number of nitro benzene ring substituents is 1. The van der Waals surface area contributed by atoms with Gasteiger partial charge < -0.3 is 14.6 Å². The number of unbranched alkanes of at least 4 members (excludes halogenated alkanes) is 1.